The van der Waals surface area contributed by atoms with Crippen LogP contribution < -0.4 is 5.73 Å². The highest BCUT2D eigenvalue weighted by Crippen LogP contribution is 2.18. The van der Waals surface area contributed by atoms with Crippen LogP contribution in [0.1, 0.15) is 25.1 Å². The van der Waals surface area contributed by atoms with Gasteiger partial charge in [0, 0.05) is 12.2 Å². The Morgan fingerprint density at radius 3 is 3.12 bits per heavy atom. The van der Waals surface area contributed by atoms with Gasteiger partial charge in [0.25, 0.3) is 0 Å². The van der Waals surface area contributed by atoms with Gasteiger partial charge in [0.2, 0.25) is 0 Å². The van der Waals surface area contributed by atoms with E-state index in [0.29, 0.717) is 12.4 Å². The first kappa shape index (κ1) is 11.3. The predicted octanol–water partition coefficient (Wildman–Crippen LogP) is 0.406. The molecular weight excluding hydrogens is 204 g/mol. The van der Waals surface area contributed by atoms with Crippen molar-refractivity contribution in [2.75, 3.05) is 18.9 Å². The van der Waals surface area contributed by atoms with E-state index in [0.717, 1.165) is 18.8 Å². The van der Waals surface area contributed by atoms with Crippen molar-refractivity contribution in [1.29, 1.82) is 0 Å². The van der Waals surface area contributed by atoms with Gasteiger partial charge in [-0.05, 0) is 25.5 Å². The van der Waals surface area contributed by atoms with Crippen LogP contribution in [-0.2, 0) is 6.54 Å². The Kier molecular flexibility index (Phi) is 3.69. The summed E-state index contributed by atoms with van der Waals surface area (Å²) in [5, 5.41) is 9.29. The van der Waals surface area contributed by atoms with Crippen molar-refractivity contribution in [3.05, 3.63) is 18.1 Å². The highest BCUT2D eigenvalue weighted by molar-refractivity contribution is 5.24. The van der Waals surface area contributed by atoms with Gasteiger partial charge < -0.3 is 10.8 Å². The number of hydrogen-bond donors (Lipinski definition) is 2. The van der Waals surface area contributed by atoms with Gasteiger partial charge in [0.15, 0.2) is 0 Å². The van der Waals surface area contributed by atoms with Crippen molar-refractivity contribution in [3.8, 4) is 0 Å². The van der Waals surface area contributed by atoms with E-state index in [4.69, 9.17) is 5.73 Å². The number of rotatable bonds is 3. The van der Waals surface area contributed by atoms with Gasteiger partial charge in [-0.15, -0.1) is 0 Å². The number of aromatic nitrogens is 2. The molecule has 1 saturated heterocycles. The van der Waals surface area contributed by atoms with Gasteiger partial charge in [-0.1, -0.05) is 6.42 Å². The van der Waals surface area contributed by atoms with Gasteiger partial charge in [-0.2, -0.15) is 0 Å². The maximum absolute atomic E-state index is 9.29. The van der Waals surface area contributed by atoms with E-state index < -0.39 is 0 Å². The normalized spacial score (nSPS) is 22.2. The van der Waals surface area contributed by atoms with Gasteiger partial charge in [0.1, 0.15) is 11.6 Å². The molecule has 1 aliphatic rings. The van der Waals surface area contributed by atoms with E-state index in [2.05, 4.69) is 14.9 Å². The zero-order valence-corrected chi connectivity index (χ0v) is 9.34. The largest absolute Gasteiger partial charge is 0.395 e. The summed E-state index contributed by atoms with van der Waals surface area (Å²) in [6.07, 6.45) is 5.10. The number of nitrogen functional groups attached to an aromatic ring is 1. The average Bonchev–Trinajstić information content (AvgIpc) is 2.30. The Balaban J connectivity index is 2.02. The summed E-state index contributed by atoms with van der Waals surface area (Å²) in [7, 11) is 0. The minimum atomic E-state index is 0.211. The topological polar surface area (TPSA) is 75.3 Å². The van der Waals surface area contributed by atoms with Gasteiger partial charge in [0.05, 0.1) is 13.2 Å². The smallest absolute Gasteiger partial charge is 0.144 e. The first-order valence-electron chi connectivity index (χ1n) is 5.72. The predicted molar refractivity (Wildman–Crippen MR) is 61.6 cm³/mol. The molecule has 2 heterocycles. The Morgan fingerprint density at radius 2 is 2.38 bits per heavy atom. The summed E-state index contributed by atoms with van der Waals surface area (Å²) >= 11 is 0. The lowest BCUT2D eigenvalue weighted by molar-refractivity contribution is 0.0819. The van der Waals surface area contributed by atoms with Gasteiger partial charge >= 0.3 is 0 Å². The molecule has 1 aromatic heterocycles. The third kappa shape index (κ3) is 2.68. The van der Waals surface area contributed by atoms with Crippen molar-refractivity contribution in [1.82, 2.24) is 14.9 Å². The summed E-state index contributed by atoms with van der Waals surface area (Å²) in [6, 6.07) is 1.93. The summed E-state index contributed by atoms with van der Waals surface area (Å²) in [5.74, 6) is 1.24. The van der Waals surface area contributed by atoms with Crippen molar-refractivity contribution in [3.63, 3.8) is 0 Å². The highest BCUT2D eigenvalue weighted by atomic mass is 16.3. The van der Waals surface area contributed by atoms with Crippen LogP contribution >= 0.6 is 0 Å². The maximum atomic E-state index is 9.29. The number of piperidine rings is 1. The van der Waals surface area contributed by atoms with Crippen LogP contribution in [0.3, 0.4) is 0 Å². The fourth-order valence-corrected chi connectivity index (χ4v) is 2.15. The number of anilines is 1. The first-order valence-corrected chi connectivity index (χ1v) is 5.72. The van der Waals surface area contributed by atoms with E-state index in [1.165, 1.54) is 12.8 Å². The van der Waals surface area contributed by atoms with Crippen molar-refractivity contribution in [2.45, 2.75) is 31.8 Å². The number of nitrogens with two attached hydrogens (primary N) is 1. The zero-order chi connectivity index (χ0) is 11.4. The quantitative estimate of drug-likeness (QED) is 0.774. The monoisotopic (exact) mass is 222 g/mol. The molecule has 1 fully saturated rings. The molecule has 0 aromatic carbocycles. The Labute approximate surface area is 95.3 Å². The molecule has 1 unspecified atom stereocenters. The second kappa shape index (κ2) is 5.23. The molecule has 0 spiro atoms. The lowest BCUT2D eigenvalue weighted by Gasteiger charge is -2.33. The third-order valence-electron chi connectivity index (χ3n) is 3.03. The van der Waals surface area contributed by atoms with Crippen molar-refractivity contribution >= 4 is 5.82 Å². The second-order valence-corrected chi connectivity index (χ2v) is 4.20. The average molecular weight is 222 g/mol. The Morgan fingerprint density at radius 1 is 1.50 bits per heavy atom. The molecule has 16 heavy (non-hydrogen) atoms. The highest BCUT2D eigenvalue weighted by Gasteiger charge is 2.22. The summed E-state index contributed by atoms with van der Waals surface area (Å²) in [6.45, 7) is 1.89. The number of nitrogens with zero attached hydrogens (tertiary/aromatic N) is 3. The molecule has 2 rings (SSSR count). The lowest BCUT2D eigenvalue weighted by Crippen LogP contribution is -2.41. The molecule has 5 heteroatoms. The molecule has 0 saturated carbocycles. The van der Waals surface area contributed by atoms with Gasteiger partial charge in [-0.25, -0.2) is 9.97 Å². The van der Waals surface area contributed by atoms with E-state index >= 15 is 0 Å². The minimum Gasteiger partial charge on any atom is -0.395 e. The van der Waals surface area contributed by atoms with E-state index in [1.54, 1.807) is 12.3 Å². The third-order valence-corrected chi connectivity index (χ3v) is 3.03. The molecule has 1 aliphatic heterocycles. The van der Waals surface area contributed by atoms with E-state index in [-0.39, 0.29) is 12.6 Å². The molecule has 3 N–H and O–H groups in total. The molecule has 1 aromatic rings. The van der Waals surface area contributed by atoms with Crippen LogP contribution in [0.4, 0.5) is 5.82 Å². The van der Waals surface area contributed by atoms with Crippen LogP contribution in [0, 0.1) is 0 Å². The molecule has 0 aliphatic carbocycles. The summed E-state index contributed by atoms with van der Waals surface area (Å²) in [4.78, 5) is 10.6. The number of aliphatic hydroxyl groups is 1. The van der Waals surface area contributed by atoms with Crippen LogP contribution in [0.5, 0.6) is 0 Å². The van der Waals surface area contributed by atoms with Crippen LogP contribution in [0.25, 0.3) is 0 Å². The molecule has 0 amide bonds. The molecule has 1 atom stereocenters. The minimum absolute atomic E-state index is 0.211. The molecule has 88 valence electrons. The maximum Gasteiger partial charge on any atom is 0.144 e. The number of aliphatic hydroxyl groups excluding tert-OH is 1. The van der Waals surface area contributed by atoms with Gasteiger partial charge in [-0.3, -0.25) is 4.90 Å². The zero-order valence-electron chi connectivity index (χ0n) is 9.34. The summed E-state index contributed by atoms with van der Waals surface area (Å²) < 4.78 is 0. The first-order chi connectivity index (χ1) is 7.79. The number of likely N-dealkylation sites (tertiary alicyclic amines) is 1. The molecule has 0 bridgehead atoms. The van der Waals surface area contributed by atoms with Crippen molar-refractivity contribution in [2.24, 2.45) is 0 Å². The standard InChI is InChI=1S/C11H18N4O/c12-10-4-5-13-11(14-10)7-15-6-2-1-3-9(15)8-16/h4-5,9,16H,1-3,6-8H2,(H2,12,13,14). The van der Waals surface area contributed by atoms with Crippen LogP contribution in [-0.4, -0.2) is 39.2 Å². The summed E-state index contributed by atoms with van der Waals surface area (Å²) in [5.41, 5.74) is 5.61. The fraction of sp³-hybridized carbons (Fsp3) is 0.636. The van der Waals surface area contributed by atoms with E-state index in [9.17, 15) is 5.11 Å². The fourth-order valence-electron chi connectivity index (χ4n) is 2.15. The SMILES string of the molecule is Nc1ccnc(CN2CCCCC2CO)n1. The van der Waals surface area contributed by atoms with Crippen molar-refractivity contribution < 1.29 is 5.11 Å². The number of hydrogen-bond acceptors (Lipinski definition) is 5. The lowest BCUT2D eigenvalue weighted by atomic mass is 10.0. The molecule has 5 nitrogen and oxygen atoms in total. The molecular formula is C11H18N4O. The Hall–Kier alpha value is -1.20. The molecule has 0 radical (unpaired) electrons. The van der Waals surface area contributed by atoms with E-state index in [1.807, 2.05) is 0 Å². The van der Waals surface area contributed by atoms with Crippen LogP contribution in [0.2, 0.25) is 0 Å². The second-order valence-electron chi connectivity index (χ2n) is 4.20. The Bertz CT molecular complexity index is 345. The van der Waals surface area contributed by atoms with Crippen LogP contribution in [0.15, 0.2) is 12.3 Å².